The second-order valence-electron chi connectivity index (χ2n) is 13.0. The van der Waals surface area contributed by atoms with Crippen molar-refractivity contribution in [2.24, 2.45) is 0 Å². The minimum Gasteiger partial charge on any atom is -0.308 e. The molecule has 7 aromatic carbocycles. The zero-order valence-electron chi connectivity index (χ0n) is 26.1. The van der Waals surface area contributed by atoms with Crippen molar-refractivity contribution in [3.05, 3.63) is 146 Å². The Bertz CT molecular complexity index is 3340. The van der Waals surface area contributed by atoms with E-state index in [4.69, 9.17) is 9.97 Å². The first-order chi connectivity index (χ1) is 24.3. The van der Waals surface area contributed by atoms with E-state index in [1.807, 2.05) is 23.5 Å². The molecule has 0 fully saturated rings. The summed E-state index contributed by atoms with van der Waals surface area (Å²) < 4.78 is 7.40. The summed E-state index contributed by atoms with van der Waals surface area (Å²) in [4.78, 5) is 10.8. The molecule has 0 amide bonds. The Kier molecular flexibility index (Phi) is 4.83. The highest BCUT2D eigenvalue weighted by atomic mass is 32.1. The lowest BCUT2D eigenvalue weighted by atomic mass is 10.0. The fourth-order valence-electron chi connectivity index (χ4n) is 8.41. The van der Waals surface area contributed by atoms with Crippen molar-refractivity contribution < 1.29 is 0 Å². The van der Waals surface area contributed by atoms with Crippen LogP contribution in [0.2, 0.25) is 0 Å². The van der Waals surface area contributed by atoms with Gasteiger partial charge in [-0.2, -0.15) is 0 Å². The average Bonchev–Trinajstić information content (AvgIpc) is 3.78. The second-order valence-corrected chi connectivity index (χ2v) is 14.0. The van der Waals surface area contributed by atoms with E-state index < -0.39 is 0 Å². The standard InChI is InChI=1S/C44H24N4S/c1-6-16-34-26(10-1)30-13-9-18-36-40(30)41-37(23-22-31-27-11-2-7-17-35(27)47(34)43(31)41)48(36)44-42(45-32-14-4-5-15-33(32)46-44)25-20-21-29-28-12-3-8-19-38(28)49-39(29)24-25/h1-24H. The van der Waals surface area contributed by atoms with E-state index >= 15 is 0 Å². The maximum atomic E-state index is 5.45. The first-order valence-corrected chi connectivity index (χ1v) is 17.4. The first kappa shape index (κ1) is 25.7. The van der Waals surface area contributed by atoms with E-state index in [1.54, 1.807) is 0 Å². The van der Waals surface area contributed by atoms with Crippen LogP contribution in [0.3, 0.4) is 0 Å². The molecular weight excluding hydrogens is 617 g/mol. The largest absolute Gasteiger partial charge is 0.308 e. The van der Waals surface area contributed by atoms with Crippen LogP contribution in [0.5, 0.6) is 0 Å². The molecule has 0 aliphatic rings. The van der Waals surface area contributed by atoms with Gasteiger partial charge >= 0.3 is 0 Å². The molecule has 5 heterocycles. The molecule has 0 bridgehead atoms. The molecule has 226 valence electrons. The minimum absolute atomic E-state index is 0.840. The lowest BCUT2D eigenvalue weighted by Crippen LogP contribution is -2.03. The zero-order chi connectivity index (χ0) is 31.8. The number of hydrogen-bond acceptors (Lipinski definition) is 3. The number of nitrogens with zero attached hydrogens (tertiary/aromatic N) is 4. The minimum atomic E-state index is 0.840. The highest BCUT2D eigenvalue weighted by Gasteiger charge is 2.25. The Balaban J connectivity index is 1.28. The highest BCUT2D eigenvalue weighted by molar-refractivity contribution is 7.25. The van der Waals surface area contributed by atoms with Crippen LogP contribution in [-0.2, 0) is 0 Å². The Morgan fingerprint density at radius 2 is 1.04 bits per heavy atom. The zero-order valence-corrected chi connectivity index (χ0v) is 26.9. The van der Waals surface area contributed by atoms with Crippen LogP contribution in [0.15, 0.2) is 146 Å². The summed E-state index contributed by atoms with van der Waals surface area (Å²) in [6.07, 6.45) is 0. The molecule has 0 aliphatic carbocycles. The van der Waals surface area contributed by atoms with Crippen molar-refractivity contribution in [3.8, 4) is 17.1 Å². The van der Waals surface area contributed by atoms with Crippen LogP contribution in [0.25, 0.3) is 108 Å². The predicted molar refractivity (Wildman–Crippen MR) is 207 cm³/mol. The van der Waals surface area contributed by atoms with E-state index in [1.165, 1.54) is 69.0 Å². The van der Waals surface area contributed by atoms with Gasteiger partial charge in [0.25, 0.3) is 0 Å². The number of hydrogen-bond donors (Lipinski definition) is 0. The van der Waals surface area contributed by atoms with Gasteiger partial charge in [0.15, 0.2) is 5.82 Å². The Hall–Kier alpha value is -6.30. The van der Waals surface area contributed by atoms with Crippen molar-refractivity contribution in [1.82, 2.24) is 18.9 Å². The van der Waals surface area contributed by atoms with Gasteiger partial charge in [-0.3, -0.25) is 4.57 Å². The summed E-state index contributed by atoms with van der Waals surface area (Å²) in [7, 11) is 0. The molecule has 0 aliphatic heterocycles. The SMILES string of the molecule is c1ccc2nc(-n3c4cccc5c6ccccc6n6c7ccccc7c7ccc3c(c54)c76)c(-c3ccc4c(c3)sc3ccccc34)nc2c1. The molecule has 0 unspecified atom stereocenters. The van der Waals surface area contributed by atoms with Crippen molar-refractivity contribution in [2.75, 3.05) is 0 Å². The van der Waals surface area contributed by atoms with E-state index in [-0.39, 0.29) is 0 Å². The van der Waals surface area contributed by atoms with Gasteiger partial charge in [0.2, 0.25) is 0 Å². The van der Waals surface area contributed by atoms with Gasteiger partial charge in [-0.25, -0.2) is 9.97 Å². The number of thiophene rings is 1. The predicted octanol–water partition coefficient (Wildman–Crippen LogP) is 11.9. The molecule has 0 saturated heterocycles. The maximum absolute atomic E-state index is 5.45. The highest BCUT2D eigenvalue weighted by Crippen LogP contribution is 2.46. The van der Waals surface area contributed by atoms with Crippen molar-refractivity contribution in [2.45, 2.75) is 0 Å². The molecule has 0 N–H and O–H groups in total. The van der Waals surface area contributed by atoms with Crippen LogP contribution < -0.4 is 0 Å². The van der Waals surface area contributed by atoms with Crippen LogP contribution >= 0.6 is 11.3 Å². The van der Waals surface area contributed by atoms with E-state index in [9.17, 15) is 0 Å². The second kappa shape index (κ2) is 9.19. The van der Waals surface area contributed by atoms with Crippen molar-refractivity contribution >= 4 is 102 Å². The first-order valence-electron chi connectivity index (χ1n) is 16.6. The van der Waals surface area contributed by atoms with Crippen LogP contribution in [-0.4, -0.2) is 18.9 Å². The normalized spacial score (nSPS) is 12.5. The number of fused-ring (bicyclic) bond motifs is 10. The summed E-state index contributed by atoms with van der Waals surface area (Å²) in [5.41, 5.74) is 9.61. The molecular formula is C44H24N4S. The third kappa shape index (κ3) is 3.27. The lowest BCUT2D eigenvalue weighted by molar-refractivity contribution is 1.08. The molecule has 0 spiro atoms. The number of rotatable bonds is 2. The summed E-state index contributed by atoms with van der Waals surface area (Å²) in [6.45, 7) is 0. The van der Waals surface area contributed by atoms with Gasteiger partial charge in [-0.1, -0.05) is 97.1 Å². The van der Waals surface area contributed by atoms with Gasteiger partial charge in [0, 0.05) is 52.7 Å². The fourth-order valence-corrected chi connectivity index (χ4v) is 9.56. The smallest absolute Gasteiger partial charge is 0.165 e. The molecule has 49 heavy (non-hydrogen) atoms. The molecule has 5 heteroatoms. The summed E-state index contributed by atoms with van der Waals surface area (Å²) >= 11 is 1.83. The molecule has 0 saturated carbocycles. The topological polar surface area (TPSA) is 35.1 Å². The van der Waals surface area contributed by atoms with E-state index in [0.717, 1.165) is 39.1 Å². The molecule has 5 aromatic heterocycles. The number of para-hydroxylation sites is 4. The third-order valence-corrected chi connectivity index (χ3v) is 11.6. The van der Waals surface area contributed by atoms with Crippen LogP contribution in [0, 0.1) is 0 Å². The summed E-state index contributed by atoms with van der Waals surface area (Å²) in [5.74, 6) is 0.840. The van der Waals surface area contributed by atoms with E-state index in [0.29, 0.717) is 0 Å². The quantitative estimate of drug-likeness (QED) is 0.188. The van der Waals surface area contributed by atoms with Gasteiger partial charge in [0.05, 0.1) is 38.6 Å². The monoisotopic (exact) mass is 640 g/mol. The van der Waals surface area contributed by atoms with Gasteiger partial charge < -0.3 is 4.40 Å². The third-order valence-electron chi connectivity index (χ3n) is 10.4. The molecule has 12 aromatic rings. The summed E-state index contributed by atoms with van der Waals surface area (Å²) in [6, 6.07) is 52.6. The van der Waals surface area contributed by atoms with E-state index in [2.05, 4.69) is 142 Å². The van der Waals surface area contributed by atoms with Gasteiger partial charge in [-0.05, 0) is 53.9 Å². The molecule has 12 rings (SSSR count). The fraction of sp³-hybridized carbons (Fsp3) is 0. The number of benzene rings is 7. The van der Waals surface area contributed by atoms with Crippen LogP contribution in [0.1, 0.15) is 0 Å². The average molecular weight is 641 g/mol. The molecule has 4 nitrogen and oxygen atoms in total. The van der Waals surface area contributed by atoms with Gasteiger partial charge in [-0.15, -0.1) is 11.3 Å². The van der Waals surface area contributed by atoms with Crippen molar-refractivity contribution in [3.63, 3.8) is 0 Å². The molecule has 0 atom stereocenters. The lowest BCUT2D eigenvalue weighted by Gasteiger charge is -2.14. The molecule has 0 radical (unpaired) electrons. The Labute approximate surface area is 283 Å². The number of aromatic nitrogens is 4. The Morgan fingerprint density at radius 1 is 0.429 bits per heavy atom. The van der Waals surface area contributed by atoms with Gasteiger partial charge in [0.1, 0.15) is 5.69 Å². The van der Waals surface area contributed by atoms with Crippen molar-refractivity contribution in [1.29, 1.82) is 0 Å². The summed E-state index contributed by atoms with van der Waals surface area (Å²) in [5, 5.41) is 10.0. The Morgan fingerprint density at radius 3 is 1.88 bits per heavy atom. The van der Waals surface area contributed by atoms with Crippen LogP contribution in [0.4, 0.5) is 0 Å². The maximum Gasteiger partial charge on any atom is 0.165 e.